The van der Waals surface area contributed by atoms with Crippen molar-refractivity contribution in [1.82, 2.24) is 4.90 Å². The van der Waals surface area contributed by atoms with Crippen LogP contribution in [0, 0.1) is 11.8 Å². The number of hydrogen-bond donors (Lipinski definition) is 1. The maximum Gasteiger partial charge on any atom is 0.328 e. The van der Waals surface area contributed by atoms with E-state index in [0.717, 1.165) is 24.8 Å². The molecule has 1 rings (SSSR count). The van der Waals surface area contributed by atoms with Gasteiger partial charge in [-0.1, -0.05) is 18.1 Å². The molecule has 0 aliphatic rings. The molecule has 0 saturated carbocycles. The van der Waals surface area contributed by atoms with Gasteiger partial charge in [-0.25, -0.2) is 4.79 Å². The molecule has 22 heavy (non-hydrogen) atoms. The van der Waals surface area contributed by atoms with Gasteiger partial charge in [0.15, 0.2) is 0 Å². The molecule has 0 spiro atoms. The molecule has 0 aliphatic carbocycles. The molecule has 0 radical (unpaired) electrons. The zero-order chi connectivity index (χ0) is 16.4. The predicted octanol–water partition coefficient (Wildman–Crippen LogP) is 2.59. The summed E-state index contributed by atoms with van der Waals surface area (Å²) in [5, 5.41) is 8.51. The Labute approximate surface area is 132 Å². The van der Waals surface area contributed by atoms with Crippen LogP contribution in [-0.4, -0.2) is 42.2 Å². The quantitative estimate of drug-likeness (QED) is 0.592. The number of nitrogens with zero attached hydrogens (tertiary/aromatic N) is 1. The van der Waals surface area contributed by atoms with E-state index in [4.69, 9.17) is 9.84 Å². The first-order valence-electron chi connectivity index (χ1n) is 7.24. The summed E-state index contributed by atoms with van der Waals surface area (Å²) in [5.41, 5.74) is 1.18. The van der Waals surface area contributed by atoms with Gasteiger partial charge in [0.1, 0.15) is 12.4 Å². The number of carboxylic acids is 1. The van der Waals surface area contributed by atoms with E-state index in [9.17, 15) is 4.79 Å². The SMILES string of the molecule is CC#CCN(C)[C@H](C)Cc1cccc(OC/C=C/C(=O)O)c1. The second-order valence-electron chi connectivity index (χ2n) is 5.09. The van der Waals surface area contributed by atoms with Crippen LogP contribution in [0.25, 0.3) is 0 Å². The first kappa shape index (κ1) is 17.8. The molecule has 0 aromatic heterocycles. The molecule has 0 heterocycles. The number of rotatable bonds is 8. The van der Waals surface area contributed by atoms with Crippen LogP contribution in [0.15, 0.2) is 36.4 Å². The highest BCUT2D eigenvalue weighted by atomic mass is 16.5. The fourth-order valence-corrected chi connectivity index (χ4v) is 1.91. The van der Waals surface area contributed by atoms with Crippen LogP contribution in [0.4, 0.5) is 0 Å². The Morgan fingerprint density at radius 3 is 2.95 bits per heavy atom. The molecule has 1 atom stereocenters. The van der Waals surface area contributed by atoms with Crippen molar-refractivity contribution in [2.75, 3.05) is 20.2 Å². The van der Waals surface area contributed by atoms with E-state index in [-0.39, 0.29) is 6.61 Å². The number of hydrogen-bond acceptors (Lipinski definition) is 3. The van der Waals surface area contributed by atoms with E-state index in [1.165, 1.54) is 11.6 Å². The van der Waals surface area contributed by atoms with Crippen molar-refractivity contribution in [1.29, 1.82) is 0 Å². The summed E-state index contributed by atoms with van der Waals surface area (Å²) >= 11 is 0. The van der Waals surface area contributed by atoms with Crippen LogP contribution in [0.5, 0.6) is 5.75 Å². The molecule has 0 aliphatic heterocycles. The highest BCUT2D eigenvalue weighted by molar-refractivity contribution is 5.79. The fraction of sp³-hybridized carbons (Fsp3) is 0.389. The third-order valence-electron chi connectivity index (χ3n) is 3.29. The lowest BCUT2D eigenvalue weighted by atomic mass is 10.1. The molecule has 0 fully saturated rings. The third kappa shape index (κ3) is 6.96. The van der Waals surface area contributed by atoms with Crippen molar-refractivity contribution >= 4 is 5.97 Å². The monoisotopic (exact) mass is 301 g/mol. The Morgan fingerprint density at radius 2 is 2.27 bits per heavy atom. The number of carboxylic acid groups (broad SMARTS) is 1. The molecule has 0 bridgehead atoms. The second kappa shape index (κ2) is 9.64. The number of aliphatic carboxylic acids is 1. The summed E-state index contributed by atoms with van der Waals surface area (Å²) in [6.45, 7) is 5.02. The molecular formula is C18H23NO3. The summed E-state index contributed by atoms with van der Waals surface area (Å²) in [4.78, 5) is 12.6. The minimum Gasteiger partial charge on any atom is -0.490 e. The van der Waals surface area contributed by atoms with Crippen molar-refractivity contribution in [3.8, 4) is 17.6 Å². The van der Waals surface area contributed by atoms with Crippen LogP contribution in [-0.2, 0) is 11.2 Å². The van der Waals surface area contributed by atoms with Crippen molar-refractivity contribution in [3.05, 3.63) is 42.0 Å². The third-order valence-corrected chi connectivity index (χ3v) is 3.29. The summed E-state index contributed by atoms with van der Waals surface area (Å²) in [5.74, 6) is 5.75. The van der Waals surface area contributed by atoms with E-state index in [0.29, 0.717) is 6.04 Å². The number of carbonyl (C=O) groups is 1. The minimum absolute atomic E-state index is 0.247. The van der Waals surface area contributed by atoms with E-state index in [1.807, 2.05) is 25.1 Å². The van der Waals surface area contributed by atoms with Gasteiger partial charge in [-0.3, -0.25) is 4.90 Å². The first-order valence-corrected chi connectivity index (χ1v) is 7.24. The van der Waals surface area contributed by atoms with Gasteiger partial charge < -0.3 is 9.84 Å². The van der Waals surface area contributed by atoms with Crippen LogP contribution in [0.1, 0.15) is 19.4 Å². The highest BCUT2D eigenvalue weighted by Gasteiger charge is 2.09. The molecule has 1 N–H and O–H groups in total. The van der Waals surface area contributed by atoms with E-state index >= 15 is 0 Å². The smallest absolute Gasteiger partial charge is 0.328 e. The largest absolute Gasteiger partial charge is 0.490 e. The van der Waals surface area contributed by atoms with Gasteiger partial charge in [0.2, 0.25) is 0 Å². The van der Waals surface area contributed by atoms with Crippen LogP contribution >= 0.6 is 0 Å². The van der Waals surface area contributed by atoms with Crippen molar-refractivity contribution in [2.45, 2.75) is 26.3 Å². The molecule has 0 unspecified atom stereocenters. The van der Waals surface area contributed by atoms with Gasteiger partial charge in [0, 0.05) is 12.1 Å². The zero-order valence-corrected chi connectivity index (χ0v) is 13.4. The van der Waals surface area contributed by atoms with Crippen molar-refractivity contribution < 1.29 is 14.6 Å². The van der Waals surface area contributed by atoms with Gasteiger partial charge in [0.25, 0.3) is 0 Å². The Bertz CT molecular complexity index is 569. The minimum atomic E-state index is -0.968. The Hall–Kier alpha value is -2.25. The van der Waals surface area contributed by atoms with Gasteiger partial charge in [0.05, 0.1) is 6.54 Å². The average Bonchev–Trinajstić information content (AvgIpc) is 2.49. The first-order chi connectivity index (χ1) is 10.5. The maximum atomic E-state index is 10.4. The zero-order valence-electron chi connectivity index (χ0n) is 13.4. The number of benzene rings is 1. The topological polar surface area (TPSA) is 49.8 Å². The van der Waals surface area contributed by atoms with E-state index < -0.39 is 5.97 Å². The predicted molar refractivity (Wildman–Crippen MR) is 88.0 cm³/mol. The molecule has 1 aromatic carbocycles. The van der Waals surface area contributed by atoms with Crippen LogP contribution in [0.3, 0.4) is 0 Å². The molecule has 1 aromatic rings. The standard InChI is InChI=1S/C18H23NO3/c1-4-5-11-19(3)15(2)13-16-8-6-9-17(14-16)22-12-7-10-18(20)21/h6-10,14-15H,11-13H2,1-3H3,(H,20,21)/b10-7+/t15-/m1/s1. The van der Waals surface area contributed by atoms with Crippen molar-refractivity contribution in [3.63, 3.8) is 0 Å². The fourth-order valence-electron chi connectivity index (χ4n) is 1.91. The summed E-state index contributed by atoms with van der Waals surface area (Å²) in [7, 11) is 2.06. The molecule has 0 saturated heterocycles. The summed E-state index contributed by atoms with van der Waals surface area (Å²) < 4.78 is 5.52. The van der Waals surface area contributed by atoms with Gasteiger partial charge >= 0.3 is 5.97 Å². The number of ether oxygens (including phenoxy) is 1. The normalized spacial score (nSPS) is 12.0. The second-order valence-corrected chi connectivity index (χ2v) is 5.09. The Balaban J connectivity index is 2.55. The highest BCUT2D eigenvalue weighted by Crippen LogP contribution is 2.16. The molecular weight excluding hydrogens is 278 g/mol. The molecule has 118 valence electrons. The summed E-state index contributed by atoms with van der Waals surface area (Å²) in [6.07, 6.45) is 3.47. The van der Waals surface area contributed by atoms with Crippen LogP contribution in [0.2, 0.25) is 0 Å². The Morgan fingerprint density at radius 1 is 1.50 bits per heavy atom. The lowest BCUT2D eigenvalue weighted by molar-refractivity contribution is -0.131. The molecule has 4 nitrogen and oxygen atoms in total. The van der Waals surface area contributed by atoms with Gasteiger partial charge in [-0.05, 0) is 51.1 Å². The van der Waals surface area contributed by atoms with E-state index in [1.54, 1.807) is 0 Å². The average molecular weight is 301 g/mol. The van der Waals surface area contributed by atoms with Gasteiger partial charge in [-0.2, -0.15) is 0 Å². The lowest BCUT2D eigenvalue weighted by Gasteiger charge is -2.22. The molecule has 0 amide bonds. The maximum absolute atomic E-state index is 10.4. The van der Waals surface area contributed by atoms with Gasteiger partial charge in [-0.15, -0.1) is 5.92 Å². The summed E-state index contributed by atoms with van der Waals surface area (Å²) in [6, 6.07) is 8.25. The van der Waals surface area contributed by atoms with Crippen molar-refractivity contribution in [2.24, 2.45) is 0 Å². The number of likely N-dealkylation sites (N-methyl/N-ethyl adjacent to an activating group) is 1. The van der Waals surface area contributed by atoms with E-state index in [2.05, 4.69) is 36.8 Å². The van der Waals surface area contributed by atoms with Crippen LogP contribution < -0.4 is 4.74 Å². The molecule has 4 heteroatoms. The lowest BCUT2D eigenvalue weighted by Crippen LogP contribution is -2.31. The Kier molecular flexibility index (Phi) is 7.80.